The van der Waals surface area contributed by atoms with E-state index < -0.39 is 0 Å². The Labute approximate surface area is 120 Å². The quantitative estimate of drug-likeness (QED) is 0.713. The lowest BCUT2D eigenvalue weighted by atomic mass is 10.1. The molecular formula is C14H24N4O2. The molecule has 3 aliphatic rings. The molecule has 3 saturated heterocycles. The van der Waals surface area contributed by atoms with E-state index in [1.165, 1.54) is 19.4 Å². The second-order valence-corrected chi connectivity index (χ2v) is 6.18. The number of rotatable bonds is 2. The molecule has 0 aromatic rings. The Balaban J connectivity index is 1.60. The Kier molecular flexibility index (Phi) is 3.94. The molecule has 0 aliphatic carbocycles. The Morgan fingerprint density at radius 3 is 3.00 bits per heavy atom. The lowest BCUT2D eigenvalue weighted by Crippen LogP contribution is -2.59. The largest absolute Gasteiger partial charge is 0.336 e. The van der Waals surface area contributed by atoms with Crippen molar-refractivity contribution in [1.29, 1.82) is 0 Å². The summed E-state index contributed by atoms with van der Waals surface area (Å²) >= 11 is 0. The SMILES string of the molecule is C[C@H]1CN2CCC[C@@H]2CN1C(=O)CN1CCNCC1=O. The molecule has 0 bridgehead atoms. The van der Waals surface area contributed by atoms with Crippen LogP contribution in [-0.2, 0) is 9.59 Å². The molecule has 2 amide bonds. The van der Waals surface area contributed by atoms with Gasteiger partial charge < -0.3 is 15.1 Å². The van der Waals surface area contributed by atoms with Crippen molar-refractivity contribution in [2.24, 2.45) is 0 Å². The van der Waals surface area contributed by atoms with Crippen LogP contribution in [0.5, 0.6) is 0 Å². The summed E-state index contributed by atoms with van der Waals surface area (Å²) in [5.41, 5.74) is 0. The summed E-state index contributed by atoms with van der Waals surface area (Å²) in [5.74, 6) is 0.149. The molecule has 0 spiro atoms. The fourth-order valence-electron chi connectivity index (χ4n) is 3.60. The summed E-state index contributed by atoms with van der Waals surface area (Å²) < 4.78 is 0. The summed E-state index contributed by atoms with van der Waals surface area (Å²) in [6.45, 7) is 7.13. The van der Waals surface area contributed by atoms with Gasteiger partial charge in [-0.15, -0.1) is 0 Å². The molecule has 0 aromatic heterocycles. The summed E-state index contributed by atoms with van der Waals surface area (Å²) in [6, 6.07) is 0.795. The van der Waals surface area contributed by atoms with Gasteiger partial charge in [0, 0.05) is 38.3 Å². The van der Waals surface area contributed by atoms with Gasteiger partial charge in [-0.25, -0.2) is 0 Å². The minimum absolute atomic E-state index is 0.0387. The zero-order valence-corrected chi connectivity index (χ0v) is 12.2. The number of piperazine rings is 2. The van der Waals surface area contributed by atoms with E-state index >= 15 is 0 Å². The summed E-state index contributed by atoms with van der Waals surface area (Å²) in [5, 5.41) is 3.03. The van der Waals surface area contributed by atoms with Crippen LogP contribution in [0.4, 0.5) is 0 Å². The molecule has 0 unspecified atom stereocenters. The third-order valence-corrected chi connectivity index (χ3v) is 4.77. The Hall–Kier alpha value is -1.14. The predicted molar refractivity (Wildman–Crippen MR) is 75.2 cm³/mol. The van der Waals surface area contributed by atoms with E-state index in [0.717, 1.165) is 19.6 Å². The monoisotopic (exact) mass is 280 g/mol. The van der Waals surface area contributed by atoms with E-state index in [9.17, 15) is 9.59 Å². The van der Waals surface area contributed by atoms with E-state index in [4.69, 9.17) is 0 Å². The van der Waals surface area contributed by atoms with Gasteiger partial charge in [0.1, 0.15) is 0 Å². The molecule has 112 valence electrons. The smallest absolute Gasteiger partial charge is 0.242 e. The molecule has 3 fully saturated rings. The third kappa shape index (κ3) is 2.67. The van der Waals surface area contributed by atoms with Crippen molar-refractivity contribution in [2.75, 3.05) is 45.8 Å². The first-order chi connectivity index (χ1) is 9.65. The van der Waals surface area contributed by atoms with Crippen molar-refractivity contribution in [1.82, 2.24) is 20.0 Å². The van der Waals surface area contributed by atoms with E-state index in [-0.39, 0.29) is 24.4 Å². The highest BCUT2D eigenvalue weighted by Crippen LogP contribution is 2.24. The highest BCUT2D eigenvalue weighted by atomic mass is 16.2. The molecule has 0 radical (unpaired) electrons. The van der Waals surface area contributed by atoms with Crippen LogP contribution in [-0.4, -0.2) is 84.4 Å². The minimum atomic E-state index is 0.0387. The van der Waals surface area contributed by atoms with E-state index in [1.54, 1.807) is 4.90 Å². The molecule has 3 rings (SSSR count). The van der Waals surface area contributed by atoms with Crippen LogP contribution < -0.4 is 5.32 Å². The number of carbonyl (C=O) groups is 2. The maximum absolute atomic E-state index is 12.5. The van der Waals surface area contributed by atoms with Crippen LogP contribution in [0.25, 0.3) is 0 Å². The van der Waals surface area contributed by atoms with Crippen molar-refractivity contribution >= 4 is 11.8 Å². The average molecular weight is 280 g/mol. The van der Waals surface area contributed by atoms with Crippen molar-refractivity contribution in [3.8, 4) is 0 Å². The number of fused-ring (bicyclic) bond motifs is 1. The van der Waals surface area contributed by atoms with E-state index in [1.807, 2.05) is 4.90 Å². The highest BCUT2D eigenvalue weighted by molar-refractivity contribution is 5.86. The van der Waals surface area contributed by atoms with Gasteiger partial charge >= 0.3 is 0 Å². The maximum atomic E-state index is 12.5. The number of nitrogens with zero attached hydrogens (tertiary/aromatic N) is 3. The van der Waals surface area contributed by atoms with Crippen LogP contribution in [0.3, 0.4) is 0 Å². The van der Waals surface area contributed by atoms with Gasteiger partial charge in [-0.05, 0) is 26.3 Å². The first kappa shape index (κ1) is 13.8. The highest BCUT2D eigenvalue weighted by Gasteiger charge is 2.37. The lowest BCUT2D eigenvalue weighted by Gasteiger charge is -2.43. The topological polar surface area (TPSA) is 55.9 Å². The van der Waals surface area contributed by atoms with Gasteiger partial charge in [-0.1, -0.05) is 0 Å². The molecule has 20 heavy (non-hydrogen) atoms. The maximum Gasteiger partial charge on any atom is 0.242 e. The number of hydrogen-bond acceptors (Lipinski definition) is 4. The number of amides is 2. The second kappa shape index (κ2) is 5.69. The lowest BCUT2D eigenvalue weighted by molar-refractivity contribution is -0.144. The number of nitrogens with one attached hydrogen (secondary N) is 1. The molecule has 6 heteroatoms. The summed E-state index contributed by atoms with van der Waals surface area (Å²) in [7, 11) is 0. The first-order valence-corrected chi connectivity index (χ1v) is 7.67. The van der Waals surface area contributed by atoms with Crippen LogP contribution >= 0.6 is 0 Å². The second-order valence-electron chi connectivity index (χ2n) is 6.18. The molecule has 6 nitrogen and oxygen atoms in total. The number of hydrogen-bond donors (Lipinski definition) is 1. The van der Waals surface area contributed by atoms with Crippen LogP contribution in [0.15, 0.2) is 0 Å². The molecule has 2 atom stereocenters. The van der Waals surface area contributed by atoms with Gasteiger partial charge in [-0.3, -0.25) is 14.5 Å². The zero-order valence-electron chi connectivity index (χ0n) is 12.2. The first-order valence-electron chi connectivity index (χ1n) is 7.67. The normalized spacial score (nSPS) is 31.6. The Morgan fingerprint density at radius 1 is 1.35 bits per heavy atom. The van der Waals surface area contributed by atoms with Crippen LogP contribution in [0.1, 0.15) is 19.8 Å². The fraction of sp³-hybridized carbons (Fsp3) is 0.857. The standard InChI is InChI=1S/C14H24N4O2/c1-11-8-16-5-2-3-12(16)9-18(11)14(20)10-17-6-4-15-7-13(17)19/h11-12,15H,2-10H2,1H3/t11-,12+/m0/s1. The zero-order chi connectivity index (χ0) is 14.1. The Bertz CT molecular complexity index is 401. The molecule has 0 saturated carbocycles. The fourth-order valence-corrected chi connectivity index (χ4v) is 3.60. The molecule has 0 aromatic carbocycles. The van der Waals surface area contributed by atoms with E-state index in [0.29, 0.717) is 19.1 Å². The number of carbonyl (C=O) groups excluding carboxylic acids is 2. The molecular weight excluding hydrogens is 256 g/mol. The van der Waals surface area contributed by atoms with Gasteiger partial charge in [-0.2, -0.15) is 0 Å². The van der Waals surface area contributed by atoms with Gasteiger partial charge in [0.15, 0.2) is 0 Å². The molecule has 3 aliphatic heterocycles. The molecule has 1 N–H and O–H groups in total. The molecule has 3 heterocycles. The summed E-state index contributed by atoms with van der Waals surface area (Å²) in [4.78, 5) is 30.4. The third-order valence-electron chi connectivity index (χ3n) is 4.77. The van der Waals surface area contributed by atoms with Gasteiger partial charge in [0.2, 0.25) is 11.8 Å². The Morgan fingerprint density at radius 2 is 2.20 bits per heavy atom. The van der Waals surface area contributed by atoms with Crippen LogP contribution in [0.2, 0.25) is 0 Å². The van der Waals surface area contributed by atoms with Crippen molar-refractivity contribution in [2.45, 2.75) is 31.8 Å². The van der Waals surface area contributed by atoms with Crippen molar-refractivity contribution in [3.05, 3.63) is 0 Å². The summed E-state index contributed by atoms with van der Waals surface area (Å²) in [6.07, 6.45) is 2.44. The van der Waals surface area contributed by atoms with Gasteiger partial charge in [0.25, 0.3) is 0 Å². The van der Waals surface area contributed by atoms with Crippen molar-refractivity contribution in [3.63, 3.8) is 0 Å². The predicted octanol–water partition coefficient (Wildman–Crippen LogP) is -0.887. The van der Waals surface area contributed by atoms with E-state index in [2.05, 4.69) is 17.1 Å². The average Bonchev–Trinajstić information content (AvgIpc) is 2.87. The van der Waals surface area contributed by atoms with Gasteiger partial charge in [0.05, 0.1) is 13.1 Å². The van der Waals surface area contributed by atoms with Crippen LogP contribution in [0, 0.1) is 0 Å². The minimum Gasteiger partial charge on any atom is -0.336 e. The van der Waals surface area contributed by atoms with Crippen molar-refractivity contribution < 1.29 is 9.59 Å².